The average Bonchev–Trinajstić information content (AvgIpc) is 3.21. The normalized spacial score (nSPS) is 21.5. The lowest BCUT2D eigenvalue weighted by Crippen LogP contribution is -2.44. The molecule has 24 heavy (non-hydrogen) atoms. The second-order valence-corrected chi connectivity index (χ2v) is 6.87. The molecule has 1 aromatic rings. The molecule has 5 nitrogen and oxygen atoms in total. The maximum absolute atomic E-state index is 11.2. The highest BCUT2D eigenvalue weighted by atomic mass is 16.3. The number of hydrogen-bond acceptors (Lipinski definition) is 5. The van der Waals surface area contributed by atoms with Crippen LogP contribution in [0.25, 0.3) is 0 Å². The third-order valence-electron chi connectivity index (χ3n) is 5.03. The van der Waals surface area contributed by atoms with Crippen LogP contribution in [0, 0.1) is 0 Å². The zero-order valence-electron chi connectivity index (χ0n) is 14.5. The molecular weight excluding hydrogens is 302 g/mol. The van der Waals surface area contributed by atoms with Crippen molar-refractivity contribution in [3.05, 3.63) is 41.1 Å². The first kappa shape index (κ1) is 17.0. The monoisotopic (exact) mass is 329 g/mol. The smallest absolute Gasteiger partial charge is 0.154 e. The minimum absolute atomic E-state index is 0.0779. The highest BCUT2D eigenvalue weighted by Crippen LogP contribution is 2.29. The van der Waals surface area contributed by atoms with E-state index in [1.54, 1.807) is 6.07 Å². The lowest BCUT2D eigenvalue weighted by Gasteiger charge is -2.34. The summed E-state index contributed by atoms with van der Waals surface area (Å²) in [6.45, 7) is 7.30. The Morgan fingerprint density at radius 1 is 1.42 bits per heavy atom. The number of nitrogens with zero attached hydrogens (tertiary/aromatic N) is 2. The molecule has 1 fully saturated rings. The Labute approximate surface area is 143 Å². The van der Waals surface area contributed by atoms with Gasteiger partial charge in [-0.05, 0) is 57.4 Å². The lowest BCUT2D eigenvalue weighted by atomic mass is 10.0. The van der Waals surface area contributed by atoms with Crippen molar-refractivity contribution in [3.63, 3.8) is 0 Å². The molecule has 0 amide bonds. The molecule has 0 bridgehead atoms. The summed E-state index contributed by atoms with van der Waals surface area (Å²) >= 11 is 0. The van der Waals surface area contributed by atoms with Crippen LogP contribution >= 0.6 is 0 Å². The van der Waals surface area contributed by atoms with E-state index in [1.807, 2.05) is 12.1 Å². The molecule has 0 aromatic heterocycles. The van der Waals surface area contributed by atoms with E-state index in [0.29, 0.717) is 17.6 Å². The van der Waals surface area contributed by atoms with Gasteiger partial charge in [-0.15, -0.1) is 0 Å². The number of hydrogen-bond donors (Lipinski definition) is 2. The third kappa shape index (κ3) is 3.32. The van der Waals surface area contributed by atoms with E-state index < -0.39 is 0 Å². The number of rotatable bonds is 6. The van der Waals surface area contributed by atoms with E-state index in [4.69, 9.17) is 0 Å². The molecule has 2 N–H and O–H groups in total. The van der Waals surface area contributed by atoms with Crippen LogP contribution in [-0.4, -0.2) is 53.0 Å². The summed E-state index contributed by atoms with van der Waals surface area (Å²) in [5.74, 6) is 0.0779. The molecule has 3 rings (SSSR count). The van der Waals surface area contributed by atoms with E-state index in [-0.39, 0.29) is 5.75 Å². The molecule has 0 radical (unpaired) electrons. The molecule has 5 heteroatoms. The lowest BCUT2D eigenvalue weighted by molar-refractivity contribution is 0.111. The van der Waals surface area contributed by atoms with Gasteiger partial charge in [-0.25, -0.2) is 5.43 Å². The summed E-state index contributed by atoms with van der Waals surface area (Å²) in [4.78, 5) is 13.7. The maximum Gasteiger partial charge on any atom is 0.154 e. The number of carbonyl (C=O) groups is 1. The van der Waals surface area contributed by atoms with Gasteiger partial charge in [-0.2, -0.15) is 0 Å². The molecule has 2 heterocycles. The van der Waals surface area contributed by atoms with Gasteiger partial charge in [0.15, 0.2) is 6.29 Å². The van der Waals surface area contributed by atoms with Gasteiger partial charge < -0.3 is 10.1 Å². The first-order chi connectivity index (χ1) is 11.6. The van der Waals surface area contributed by atoms with Crippen molar-refractivity contribution in [2.75, 3.05) is 19.6 Å². The van der Waals surface area contributed by atoms with E-state index in [0.717, 1.165) is 37.9 Å². The number of benzene rings is 1. The molecular formula is C19H27N3O2. The summed E-state index contributed by atoms with van der Waals surface area (Å²) in [6, 6.07) is 6.20. The molecule has 1 unspecified atom stereocenters. The molecule has 0 aliphatic carbocycles. The Kier molecular flexibility index (Phi) is 5.21. The number of hydrazine groups is 1. The summed E-state index contributed by atoms with van der Waals surface area (Å²) in [5.41, 5.74) is 6.18. The van der Waals surface area contributed by atoms with Gasteiger partial charge in [0.05, 0.1) is 11.6 Å². The number of phenols is 1. The first-order valence-corrected chi connectivity index (χ1v) is 8.84. The molecule has 0 saturated carbocycles. The largest absolute Gasteiger partial charge is 0.507 e. The Morgan fingerprint density at radius 2 is 2.25 bits per heavy atom. The molecule has 0 spiro atoms. The van der Waals surface area contributed by atoms with Crippen molar-refractivity contribution in [1.29, 1.82) is 0 Å². The number of nitrogens with one attached hydrogen (secondary N) is 1. The molecule has 1 aromatic carbocycles. The van der Waals surface area contributed by atoms with Gasteiger partial charge in [0, 0.05) is 24.8 Å². The average molecular weight is 329 g/mol. The van der Waals surface area contributed by atoms with Gasteiger partial charge in [-0.3, -0.25) is 9.69 Å². The Hall–Kier alpha value is -1.85. The molecule has 1 atom stereocenters. The van der Waals surface area contributed by atoms with Crippen LogP contribution in [0.5, 0.6) is 5.75 Å². The predicted octanol–water partition coefficient (Wildman–Crippen LogP) is 2.32. The highest BCUT2D eigenvalue weighted by Gasteiger charge is 2.32. The highest BCUT2D eigenvalue weighted by molar-refractivity contribution is 5.81. The van der Waals surface area contributed by atoms with Crippen molar-refractivity contribution >= 4 is 6.29 Å². The molecule has 2 aliphatic heterocycles. The maximum atomic E-state index is 11.2. The summed E-state index contributed by atoms with van der Waals surface area (Å²) < 4.78 is 0. The van der Waals surface area contributed by atoms with Crippen molar-refractivity contribution in [2.45, 2.75) is 45.2 Å². The third-order valence-corrected chi connectivity index (χ3v) is 5.03. The summed E-state index contributed by atoms with van der Waals surface area (Å²) in [7, 11) is 0. The van der Waals surface area contributed by atoms with Gasteiger partial charge in [-0.1, -0.05) is 12.1 Å². The molecule has 1 saturated heterocycles. The van der Waals surface area contributed by atoms with Crippen LogP contribution in [0.2, 0.25) is 0 Å². The second-order valence-electron chi connectivity index (χ2n) is 6.87. The van der Waals surface area contributed by atoms with Crippen LogP contribution in [0.3, 0.4) is 0 Å². The Morgan fingerprint density at radius 3 is 3.00 bits per heavy atom. The standard InChI is InChI=1S/C19H27N3O2/c1-14(2)22-18(8-10-20-22)17-6-4-11-21(17)12-9-15-5-3-7-19(24)16(15)13-23/h3,5,7-8,13-14,17,20,24H,4,6,9-12H2,1-2H3. The second kappa shape index (κ2) is 7.36. The fraction of sp³-hybridized carbons (Fsp3) is 0.526. The number of aromatic hydroxyl groups is 1. The van der Waals surface area contributed by atoms with E-state index >= 15 is 0 Å². The van der Waals surface area contributed by atoms with Crippen molar-refractivity contribution in [2.24, 2.45) is 0 Å². The van der Waals surface area contributed by atoms with Crippen LogP contribution in [0.1, 0.15) is 42.6 Å². The fourth-order valence-electron chi connectivity index (χ4n) is 3.86. The summed E-state index contributed by atoms with van der Waals surface area (Å²) in [5, 5.41) is 12.1. The van der Waals surface area contributed by atoms with Crippen LogP contribution in [0.4, 0.5) is 0 Å². The van der Waals surface area contributed by atoms with Crippen molar-refractivity contribution in [1.82, 2.24) is 15.3 Å². The molecule has 130 valence electrons. The number of carbonyl (C=O) groups excluding carboxylic acids is 1. The van der Waals surface area contributed by atoms with Gasteiger partial charge in [0.1, 0.15) is 5.75 Å². The number of likely N-dealkylation sites (tertiary alicyclic amines) is 1. The number of aldehydes is 1. The topological polar surface area (TPSA) is 55.8 Å². The number of phenolic OH excluding ortho intramolecular Hbond substituents is 1. The van der Waals surface area contributed by atoms with E-state index in [1.165, 1.54) is 18.5 Å². The first-order valence-electron chi connectivity index (χ1n) is 8.84. The zero-order chi connectivity index (χ0) is 17.1. The van der Waals surface area contributed by atoms with Crippen molar-refractivity contribution < 1.29 is 9.90 Å². The quantitative estimate of drug-likeness (QED) is 0.785. The fourth-order valence-corrected chi connectivity index (χ4v) is 3.86. The summed E-state index contributed by atoms with van der Waals surface area (Å²) in [6.07, 6.45) is 6.22. The Balaban J connectivity index is 1.69. The predicted molar refractivity (Wildman–Crippen MR) is 94.9 cm³/mol. The van der Waals surface area contributed by atoms with E-state index in [2.05, 4.69) is 35.3 Å². The van der Waals surface area contributed by atoms with Gasteiger partial charge in [0.2, 0.25) is 0 Å². The Bertz CT molecular complexity index is 627. The van der Waals surface area contributed by atoms with Gasteiger partial charge >= 0.3 is 0 Å². The SMILES string of the molecule is CC(C)N1NCC=C1C1CCCN1CCc1cccc(O)c1C=O. The van der Waals surface area contributed by atoms with Crippen LogP contribution in [-0.2, 0) is 6.42 Å². The van der Waals surface area contributed by atoms with Gasteiger partial charge in [0.25, 0.3) is 0 Å². The van der Waals surface area contributed by atoms with Crippen LogP contribution in [0.15, 0.2) is 30.0 Å². The zero-order valence-corrected chi connectivity index (χ0v) is 14.5. The minimum atomic E-state index is 0.0779. The van der Waals surface area contributed by atoms with Crippen LogP contribution < -0.4 is 5.43 Å². The van der Waals surface area contributed by atoms with Crippen molar-refractivity contribution in [3.8, 4) is 5.75 Å². The minimum Gasteiger partial charge on any atom is -0.507 e. The van der Waals surface area contributed by atoms with E-state index in [9.17, 15) is 9.90 Å². The molecule has 2 aliphatic rings.